The fraction of sp³-hybridized carbons (Fsp3) is 0.933. The lowest BCUT2D eigenvalue weighted by molar-refractivity contribution is -0.159. The van der Waals surface area contributed by atoms with Crippen LogP contribution >= 0.6 is 0 Å². The van der Waals surface area contributed by atoms with Crippen molar-refractivity contribution in [3.05, 3.63) is 0 Å². The summed E-state index contributed by atoms with van der Waals surface area (Å²) in [5, 5.41) is 3.54. The molecule has 0 spiro atoms. The smallest absolute Gasteiger partial charge is 0.310 e. The maximum absolute atomic E-state index is 11.9. The zero-order valence-corrected chi connectivity index (χ0v) is 12.6. The largest absolute Gasteiger partial charge is 0.460 e. The van der Waals surface area contributed by atoms with E-state index in [0.717, 1.165) is 12.5 Å². The SMILES string of the molecule is C[C@H](CN[C@@H]1CCCC[C@H]1C)C(=O)OC(C)(C)C. The van der Waals surface area contributed by atoms with E-state index in [-0.39, 0.29) is 17.5 Å². The van der Waals surface area contributed by atoms with E-state index < -0.39 is 0 Å². The molecular formula is C15H29NO2. The molecule has 0 heterocycles. The standard InChI is InChI=1S/C15H29NO2/c1-11-8-6-7-9-13(11)16-10-12(2)14(17)18-15(3,4)5/h11-13,16H,6-10H2,1-5H3/t11-,12-,13-/m1/s1. The quantitative estimate of drug-likeness (QED) is 0.784. The van der Waals surface area contributed by atoms with Gasteiger partial charge in [0.1, 0.15) is 5.60 Å². The first-order valence-electron chi connectivity index (χ1n) is 7.26. The number of ether oxygens (including phenoxy) is 1. The Hall–Kier alpha value is -0.570. The molecule has 0 saturated heterocycles. The van der Waals surface area contributed by atoms with Crippen molar-refractivity contribution in [1.29, 1.82) is 0 Å². The molecule has 18 heavy (non-hydrogen) atoms. The fourth-order valence-corrected chi connectivity index (χ4v) is 2.43. The van der Waals surface area contributed by atoms with Crippen LogP contribution in [0.4, 0.5) is 0 Å². The number of carbonyl (C=O) groups excluding carboxylic acids is 1. The summed E-state index contributed by atoms with van der Waals surface area (Å²) < 4.78 is 5.39. The first kappa shape index (κ1) is 15.5. The molecule has 1 aliphatic rings. The molecule has 0 aromatic heterocycles. The third-order valence-electron chi connectivity index (χ3n) is 3.61. The molecule has 0 amide bonds. The summed E-state index contributed by atoms with van der Waals surface area (Å²) in [4.78, 5) is 11.9. The van der Waals surface area contributed by atoms with Gasteiger partial charge in [0.05, 0.1) is 5.92 Å². The molecule has 1 N–H and O–H groups in total. The molecule has 0 bridgehead atoms. The summed E-state index contributed by atoms with van der Waals surface area (Å²) in [6, 6.07) is 0.573. The third kappa shape index (κ3) is 5.38. The van der Waals surface area contributed by atoms with E-state index in [2.05, 4.69) is 12.2 Å². The number of hydrogen-bond acceptors (Lipinski definition) is 3. The second-order valence-electron chi connectivity index (χ2n) is 6.71. The van der Waals surface area contributed by atoms with Gasteiger partial charge in [0.2, 0.25) is 0 Å². The minimum absolute atomic E-state index is 0.0710. The second kappa shape index (κ2) is 6.55. The van der Waals surface area contributed by atoms with Gasteiger partial charge in [-0.1, -0.05) is 26.7 Å². The zero-order valence-electron chi connectivity index (χ0n) is 12.6. The molecule has 1 fully saturated rings. The molecule has 1 saturated carbocycles. The van der Waals surface area contributed by atoms with E-state index in [0.29, 0.717) is 6.04 Å². The van der Waals surface area contributed by atoms with Crippen LogP contribution < -0.4 is 5.32 Å². The van der Waals surface area contributed by atoms with Gasteiger partial charge in [-0.15, -0.1) is 0 Å². The molecule has 0 unspecified atom stereocenters. The van der Waals surface area contributed by atoms with Crippen molar-refractivity contribution in [2.75, 3.05) is 6.54 Å². The van der Waals surface area contributed by atoms with Crippen molar-refractivity contribution in [1.82, 2.24) is 5.32 Å². The van der Waals surface area contributed by atoms with Gasteiger partial charge in [0.25, 0.3) is 0 Å². The van der Waals surface area contributed by atoms with Gasteiger partial charge in [-0.2, -0.15) is 0 Å². The minimum Gasteiger partial charge on any atom is -0.460 e. The summed E-state index contributed by atoms with van der Waals surface area (Å²) in [6.07, 6.45) is 5.20. The van der Waals surface area contributed by atoms with Crippen LogP contribution in [-0.2, 0) is 9.53 Å². The lowest BCUT2D eigenvalue weighted by Gasteiger charge is -2.31. The highest BCUT2D eigenvalue weighted by Crippen LogP contribution is 2.23. The van der Waals surface area contributed by atoms with Crippen molar-refractivity contribution < 1.29 is 9.53 Å². The average molecular weight is 255 g/mol. The van der Waals surface area contributed by atoms with E-state index in [9.17, 15) is 4.79 Å². The van der Waals surface area contributed by atoms with Crippen molar-refractivity contribution in [2.24, 2.45) is 11.8 Å². The van der Waals surface area contributed by atoms with E-state index >= 15 is 0 Å². The highest BCUT2D eigenvalue weighted by molar-refractivity contribution is 5.72. The monoisotopic (exact) mass is 255 g/mol. The minimum atomic E-state index is -0.385. The molecule has 3 atom stereocenters. The molecule has 1 aliphatic carbocycles. The normalized spacial score (nSPS) is 26.7. The van der Waals surface area contributed by atoms with Crippen LogP contribution in [0.25, 0.3) is 0 Å². The van der Waals surface area contributed by atoms with E-state index in [1.807, 2.05) is 27.7 Å². The van der Waals surface area contributed by atoms with Crippen LogP contribution in [0.15, 0.2) is 0 Å². The van der Waals surface area contributed by atoms with Crippen molar-refractivity contribution >= 4 is 5.97 Å². The first-order valence-corrected chi connectivity index (χ1v) is 7.26. The van der Waals surface area contributed by atoms with Crippen molar-refractivity contribution in [3.63, 3.8) is 0 Å². The van der Waals surface area contributed by atoms with Gasteiger partial charge < -0.3 is 10.1 Å². The van der Waals surface area contributed by atoms with E-state index in [1.165, 1.54) is 25.7 Å². The maximum Gasteiger partial charge on any atom is 0.310 e. The Bertz CT molecular complexity index is 270. The Morgan fingerprint density at radius 3 is 2.50 bits per heavy atom. The summed E-state index contributed by atoms with van der Waals surface area (Å²) >= 11 is 0. The van der Waals surface area contributed by atoms with Crippen LogP contribution in [-0.4, -0.2) is 24.2 Å². The second-order valence-corrected chi connectivity index (χ2v) is 6.71. The Labute approximate surface area is 112 Å². The van der Waals surface area contributed by atoms with Gasteiger partial charge in [0.15, 0.2) is 0 Å². The van der Waals surface area contributed by atoms with Gasteiger partial charge in [-0.25, -0.2) is 0 Å². The number of rotatable bonds is 4. The predicted molar refractivity (Wildman–Crippen MR) is 74.4 cm³/mol. The summed E-state index contributed by atoms with van der Waals surface area (Å²) in [6.45, 7) is 10.7. The zero-order chi connectivity index (χ0) is 13.8. The van der Waals surface area contributed by atoms with Crippen LogP contribution in [0.2, 0.25) is 0 Å². The molecule has 3 nitrogen and oxygen atoms in total. The molecular weight excluding hydrogens is 226 g/mol. The lowest BCUT2D eigenvalue weighted by Crippen LogP contribution is -2.41. The van der Waals surface area contributed by atoms with E-state index in [4.69, 9.17) is 4.74 Å². The lowest BCUT2D eigenvalue weighted by atomic mass is 9.86. The van der Waals surface area contributed by atoms with Crippen LogP contribution in [0, 0.1) is 11.8 Å². The number of hydrogen-bond donors (Lipinski definition) is 1. The van der Waals surface area contributed by atoms with Gasteiger partial charge in [0, 0.05) is 12.6 Å². The molecule has 0 radical (unpaired) electrons. The molecule has 3 heteroatoms. The topological polar surface area (TPSA) is 38.3 Å². The Kier molecular flexibility index (Phi) is 5.64. The predicted octanol–water partition coefficient (Wildman–Crippen LogP) is 3.13. The van der Waals surface area contributed by atoms with Crippen LogP contribution in [0.3, 0.4) is 0 Å². The summed E-state index contributed by atoms with van der Waals surface area (Å²) in [7, 11) is 0. The van der Waals surface area contributed by atoms with Crippen LogP contribution in [0.5, 0.6) is 0 Å². The third-order valence-corrected chi connectivity index (χ3v) is 3.61. The molecule has 0 aromatic carbocycles. The van der Waals surface area contributed by atoms with Crippen molar-refractivity contribution in [2.45, 2.75) is 71.9 Å². The Morgan fingerprint density at radius 2 is 1.94 bits per heavy atom. The van der Waals surface area contributed by atoms with Gasteiger partial charge in [-0.05, 0) is 39.5 Å². The van der Waals surface area contributed by atoms with Crippen molar-refractivity contribution in [3.8, 4) is 0 Å². The summed E-state index contributed by atoms with van der Waals surface area (Å²) in [5.41, 5.74) is -0.385. The highest BCUT2D eigenvalue weighted by atomic mass is 16.6. The maximum atomic E-state index is 11.9. The average Bonchev–Trinajstić information content (AvgIpc) is 2.25. The number of carbonyl (C=O) groups is 1. The van der Waals surface area contributed by atoms with Gasteiger partial charge >= 0.3 is 5.97 Å². The molecule has 106 valence electrons. The molecule has 1 rings (SSSR count). The Balaban J connectivity index is 2.31. The summed E-state index contributed by atoms with van der Waals surface area (Å²) in [5.74, 6) is 0.557. The van der Waals surface area contributed by atoms with E-state index in [1.54, 1.807) is 0 Å². The highest BCUT2D eigenvalue weighted by Gasteiger charge is 2.25. The number of nitrogens with one attached hydrogen (secondary N) is 1. The number of esters is 1. The van der Waals surface area contributed by atoms with Gasteiger partial charge in [-0.3, -0.25) is 4.79 Å². The molecule has 0 aromatic rings. The first-order chi connectivity index (χ1) is 8.29. The fourth-order valence-electron chi connectivity index (χ4n) is 2.43. The Morgan fingerprint density at radius 1 is 1.33 bits per heavy atom. The molecule has 0 aliphatic heterocycles. The van der Waals surface area contributed by atoms with Crippen LogP contribution in [0.1, 0.15) is 60.3 Å².